The smallest absolute Gasteiger partial charge is 0.308 e. The van der Waals surface area contributed by atoms with Crippen LogP contribution in [0, 0.1) is 11.8 Å². The third-order valence-electron chi connectivity index (χ3n) is 6.55. The molecule has 6 N–H and O–H groups in total. The Kier molecular flexibility index (Phi) is 13.1. The van der Waals surface area contributed by atoms with E-state index in [1.807, 2.05) is 0 Å². The lowest BCUT2D eigenvalue weighted by Gasteiger charge is -2.27. The first-order valence-corrected chi connectivity index (χ1v) is 13.2. The Morgan fingerprint density at radius 3 is 2.33 bits per heavy atom. The van der Waals surface area contributed by atoms with Gasteiger partial charge in [-0.05, 0) is 35.8 Å². The van der Waals surface area contributed by atoms with Crippen LogP contribution >= 0.6 is 11.6 Å². The van der Waals surface area contributed by atoms with Crippen molar-refractivity contribution in [1.82, 2.24) is 10.6 Å². The molecule has 0 aromatic heterocycles. The summed E-state index contributed by atoms with van der Waals surface area (Å²) in [4.78, 5) is 36.6. The van der Waals surface area contributed by atoms with Crippen LogP contribution in [0.4, 0.5) is 0 Å². The van der Waals surface area contributed by atoms with E-state index in [4.69, 9.17) is 21.4 Å². The molecule has 2 rings (SSSR count). The number of amides is 2. The SMILES string of the molecule is COc1ccc(C[C@H](NC(=O)C=CC[C@H](O)[C@H](C)[C@@H](O)[C@@H](O)c2ccccc2)C(=O)NC[C@@H](C)C(=O)O)cc1Cl. The van der Waals surface area contributed by atoms with Gasteiger partial charge in [-0.3, -0.25) is 14.4 Å². The second kappa shape index (κ2) is 16.0. The molecule has 40 heavy (non-hydrogen) atoms. The van der Waals surface area contributed by atoms with Crippen molar-refractivity contribution in [3.63, 3.8) is 0 Å². The minimum Gasteiger partial charge on any atom is -0.495 e. The Labute approximate surface area is 238 Å². The molecule has 6 atom stereocenters. The number of carbonyl (C=O) groups excluding carboxylic acids is 2. The summed E-state index contributed by atoms with van der Waals surface area (Å²) in [7, 11) is 1.47. The van der Waals surface area contributed by atoms with Gasteiger partial charge in [0.1, 0.15) is 17.9 Å². The maximum atomic E-state index is 12.9. The second-order valence-electron chi connectivity index (χ2n) is 9.63. The lowest BCUT2D eigenvalue weighted by Crippen LogP contribution is -2.48. The minimum absolute atomic E-state index is 0.00817. The number of carboxylic acids is 1. The zero-order valence-corrected chi connectivity index (χ0v) is 23.4. The highest BCUT2D eigenvalue weighted by Gasteiger charge is 2.29. The zero-order chi connectivity index (χ0) is 29.8. The van der Waals surface area contributed by atoms with Crippen LogP contribution in [0.15, 0.2) is 60.7 Å². The molecule has 0 unspecified atom stereocenters. The molecule has 0 spiro atoms. The molecule has 0 heterocycles. The fourth-order valence-electron chi connectivity index (χ4n) is 3.86. The van der Waals surface area contributed by atoms with Crippen molar-refractivity contribution in [1.29, 1.82) is 0 Å². The van der Waals surface area contributed by atoms with Gasteiger partial charge < -0.3 is 35.8 Å². The molecule has 2 aromatic carbocycles. The Balaban J connectivity index is 2.03. The van der Waals surface area contributed by atoms with E-state index in [2.05, 4.69) is 10.6 Å². The van der Waals surface area contributed by atoms with Gasteiger partial charge in [0, 0.05) is 18.9 Å². The third-order valence-corrected chi connectivity index (χ3v) is 6.85. The number of methoxy groups -OCH3 is 1. The van der Waals surface area contributed by atoms with Crippen molar-refractivity contribution in [2.75, 3.05) is 13.7 Å². The molecular formula is C29H37ClN2O8. The van der Waals surface area contributed by atoms with E-state index in [0.717, 1.165) is 6.08 Å². The zero-order valence-electron chi connectivity index (χ0n) is 22.7. The van der Waals surface area contributed by atoms with Gasteiger partial charge in [-0.25, -0.2) is 0 Å². The molecule has 0 aliphatic carbocycles. The van der Waals surface area contributed by atoms with Crippen molar-refractivity contribution in [2.24, 2.45) is 11.8 Å². The molecule has 0 fully saturated rings. The summed E-state index contributed by atoms with van der Waals surface area (Å²) in [6.45, 7) is 2.92. The molecule has 2 amide bonds. The average molecular weight is 577 g/mol. The molecule has 2 aromatic rings. The van der Waals surface area contributed by atoms with Crippen molar-refractivity contribution < 1.29 is 39.5 Å². The maximum absolute atomic E-state index is 12.9. The number of aliphatic carboxylic acids is 1. The lowest BCUT2D eigenvalue weighted by atomic mass is 9.89. The summed E-state index contributed by atoms with van der Waals surface area (Å²) < 4.78 is 5.14. The number of ether oxygens (including phenoxy) is 1. The number of rotatable bonds is 15. The van der Waals surface area contributed by atoms with E-state index >= 15 is 0 Å². The van der Waals surface area contributed by atoms with Crippen LogP contribution in [-0.4, -0.2) is 70.1 Å². The first-order chi connectivity index (χ1) is 18.9. The monoisotopic (exact) mass is 576 g/mol. The van der Waals surface area contributed by atoms with Gasteiger partial charge in [0.25, 0.3) is 0 Å². The molecule has 0 aliphatic rings. The van der Waals surface area contributed by atoms with Crippen LogP contribution in [0.25, 0.3) is 0 Å². The molecular weight excluding hydrogens is 540 g/mol. The van der Waals surface area contributed by atoms with Crippen molar-refractivity contribution >= 4 is 29.4 Å². The van der Waals surface area contributed by atoms with Crippen LogP contribution in [0.3, 0.4) is 0 Å². The summed E-state index contributed by atoms with van der Waals surface area (Å²) in [5.41, 5.74) is 1.15. The Hall–Kier alpha value is -3.44. The summed E-state index contributed by atoms with van der Waals surface area (Å²) in [5.74, 6) is -3.35. The van der Waals surface area contributed by atoms with Gasteiger partial charge in [0.05, 0.1) is 30.3 Å². The van der Waals surface area contributed by atoms with E-state index in [1.54, 1.807) is 55.5 Å². The van der Waals surface area contributed by atoms with Crippen molar-refractivity contribution in [3.05, 3.63) is 76.8 Å². The minimum atomic E-state index is -1.24. The molecule has 11 heteroatoms. The van der Waals surface area contributed by atoms with E-state index < -0.39 is 54.0 Å². The number of benzene rings is 2. The van der Waals surface area contributed by atoms with E-state index in [9.17, 15) is 29.7 Å². The molecule has 0 saturated heterocycles. The molecule has 0 saturated carbocycles. The normalized spacial score (nSPS) is 15.9. The Bertz CT molecular complexity index is 1160. The van der Waals surface area contributed by atoms with Gasteiger partial charge in [-0.2, -0.15) is 0 Å². The van der Waals surface area contributed by atoms with Crippen LogP contribution in [-0.2, 0) is 20.8 Å². The maximum Gasteiger partial charge on any atom is 0.308 e. The average Bonchev–Trinajstić information content (AvgIpc) is 2.94. The first kappa shape index (κ1) is 32.8. The van der Waals surface area contributed by atoms with Gasteiger partial charge >= 0.3 is 5.97 Å². The number of hydrogen-bond donors (Lipinski definition) is 6. The van der Waals surface area contributed by atoms with Crippen molar-refractivity contribution in [3.8, 4) is 5.75 Å². The lowest BCUT2D eigenvalue weighted by molar-refractivity contribution is -0.141. The van der Waals surface area contributed by atoms with Crippen LogP contribution < -0.4 is 15.4 Å². The van der Waals surface area contributed by atoms with Crippen LogP contribution in [0.5, 0.6) is 5.75 Å². The Morgan fingerprint density at radius 2 is 1.73 bits per heavy atom. The number of carboxylic acid groups (broad SMARTS) is 1. The molecule has 10 nitrogen and oxygen atoms in total. The number of aliphatic hydroxyl groups is 3. The number of carbonyl (C=O) groups is 3. The number of halogens is 1. The van der Waals surface area contributed by atoms with E-state index in [-0.39, 0.29) is 19.4 Å². The molecule has 0 radical (unpaired) electrons. The van der Waals surface area contributed by atoms with Gasteiger partial charge in [-0.1, -0.05) is 67.9 Å². The third kappa shape index (κ3) is 9.95. The van der Waals surface area contributed by atoms with E-state index in [0.29, 0.717) is 21.9 Å². The van der Waals surface area contributed by atoms with E-state index in [1.165, 1.54) is 20.1 Å². The standard InChI is InChI=1S/C29H37ClN2O8/c1-17(29(38)39)16-31-28(37)22(15-19-12-13-24(40-3)21(30)14-19)32-25(34)11-7-10-23(33)18(2)26(35)27(36)20-8-5-4-6-9-20/h4-9,11-14,17-18,22-23,26-27,33,35-36H,10,15-16H2,1-3H3,(H,31,37)(H,32,34)(H,38,39)/t17-,18+,22+,23+,26-,27+/m1/s1. The first-order valence-electron chi connectivity index (χ1n) is 12.8. The number of aliphatic hydroxyl groups excluding tert-OH is 3. The van der Waals surface area contributed by atoms with Crippen LogP contribution in [0.1, 0.15) is 37.5 Å². The Morgan fingerprint density at radius 1 is 1.05 bits per heavy atom. The topological polar surface area (TPSA) is 165 Å². The predicted octanol–water partition coefficient (Wildman–Crippen LogP) is 2.25. The van der Waals surface area contributed by atoms with Gasteiger partial charge in [-0.15, -0.1) is 0 Å². The highest BCUT2D eigenvalue weighted by molar-refractivity contribution is 6.32. The molecule has 0 bridgehead atoms. The van der Waals surface area contributed by atoms with Gasteiger partial charge in [0.15, 0.2) is 0 Å². The largest absolute Gasteiger partial charge is 0.495 e. The van der Waals surface area contributed by atoms with Crippen molar-refractivity contribution in [2.45, 2.75) is 51.0 Å². The number of nitrogens with one attached hydrogen (secondary N) is 2. The summed E-state index contributed by atoms with van der Waals surface area (Å²) in [5, 5.41) is 46.0. The molecule has 218 valence electrons. The van der Waals surface area contributed by atoms with Crippen LogP contribution in [0.2, 0.25) is 5.02 Å². The highest BCUT2D eigenvalue weighted by Crippen LogP contribution is 2.26. The summed E-state index contributed by atoms with van der Waals surface area (Å²) >= 11 is 6.19. The highest BCUT2D eigenvalue weighted by atomic mass is 35.5. The summed E-state index contributed by atoms with van der Waals surface area (Å²) in [6.07, 6.45) is -0.838. The number of hydrogen-bond acceptors (Lipinski definition) is 7. The summed E-state index contributed by atoms with van der Waals surface area (Å²) in [6, 6.07) is 12.5. The fourth-order valence-corrected chi connectivity index (χ4v) is 4.14. The predicted molar refractivity (Wildman–Crippen MR) is 150 cm³/mol. The second-order valence-corrected chi connectivity index (χ2v) is 10.0. The van der Waals surface area contributed by atoms with Gasteiger partial charge in [0.2, 0.25) is 11.8 Å². The molecule has 0 aliphatic heterocycles. The fraction of sp³-hybridized carbons (Fsp3) is 0.414. The quantitative estimate of drug-likeness (QED) is 0.176.